The zero-order valence-corrected chi connectivity index (χ0v) is 9.66. The molecular weight excluding hydrogens is 242 g/mol. The minimum absolute atomic E-state index is 0.0652. The van der Waals surface area contributed by atoms with Gasteiger partial charge in [0.1, 0.15) is 16.5 Å². The number of primary sulfonamides is 1. The van der Waals surface area contributed by atoms with Crippen LogP contribution >= 0.6 is 0 Å². The maximum atomic E-state index is 10.9. The summed E-state index contributed by atoms with van der Waals surface area (Å²) >= 11 is 0. The summed E-state index contributed by atoms with van der Waals surface area (Å²) < 4.78 is 44.0. The van der Waals surface area contributed by atoms with Crippen LogP contribution < -0.4 is 5.14 Å². The van der Waals surface area contributed by atoms with Gasteiger partial charge in [0, 0.05) is 19.7 Å². The van der Waals surface area contributed by atoms with E-state index in [1.165, 1.54) is 10.8 Å². The van der Waals surface area contributed by atoms with Crippen LogP contribution in [0.15, 0.2) is 11.2 Å². The van der Waals surface area contributed by atoms with E-state index in [0.29, 0.717) is 5.82 Å². The number of aryl methyl sites for hydroxylation is 2. The van der Waals surface area contributed by atoms with E-state index in [0.717, 1.165) is 0 Å². The Kier molecular flexibility index (Phi) is 3.47. The first-order valence-electron chi connectivity index (χ1n) is 3.97. The average molecular weight is 253 g/mol. The summed E-state index contributed by atoms with van der Waals surface area (Å²) in [7, 11) is -4.74. The molecule has 7 nitrogen and oxygen atoms in total. The molecule has 9 heteroatoms. The predicted molar refractivity (Wildman–Crippen MR) is 53.5 cm³/mol. The normalized spacial score (nSPS) is 12.2. The fourth-order valence-corrected chi connectivity index (χ4v) is 1.96. The van der Waals surface area contributed by atoms with E-state index in [4.69, 9.17) is 5.14 Å². The molecule has 0 aliphatic carbocycles. The second kappa shape index (κ2) is 4.29. The van der Waals surface area contributed by atoms with Crippen molar-refractivity contribution in [3.05, 3.63) is 12.0 Å². The van der Waals surface area contributed by atoms with E-state index in [1.54, 1.807) is 7.05 Å². The number of rotatable bonds is 4. The van der Waals surface area contributed by atoms with Crippen molar-refractivity contribution in [2.24, 2.45) is 12.2 Å². The Morgan fingerprint density at radius 1 is 1.53 bits per heavy atom. The van der Waals surface area contributed by atoms with E-state index >= 15 is 0 Å². The third-order valence-electron chi connectivity index (χ3n) is 1.76. The zero-order chi connectivity index (χ0) is 11.6. The Hall–Kier alpha value is -0.930. The molecule has 0 aromatic carbocycles. The summed E-state index contributed by atoms with van der Waals surface area (Å²) in [6.07, 6.45) is 1.42. The van der Waals surface area contributed by atoms with Crippen molar-refractivity contribution in [1.29, 1.82) is 0 Å². The fraction of sp³-hybridized carbons (Fsp3) is 0.500. The highest BCUT2D eigenvalue weighted by molar-refractivity contribution is 7.89. The molecule has 2 N–H and O–H groups in total. The number of nitrogens with zero attached hydrogens (tertiary/aromatic N) is 2. The molecule has 86 valence electrons. The third kappa shape index (κ3) is 3.29. The maximum Gasteiger partial charge on any atom is 0.257 e. The summed E-state index contributed by atoms with van der Waals surface area (Å²) in [6, 6.07) is 0. The highest BCUT2D eigenvalue weighted by Crippen LogP contribution is 2.06. The van der Waals surface area contributed by atoms with Gasteiger partial charge in [-0.15, -0.1) is 0 Å². The number of nitrogens with two attached hydrogens (primary N) is 1. The lowest BCUT2D eigenvalue weighted by atomic mass is 10.4. The molecule has 1 rings (SSSR count). The van der Waals surface area contributed by atoms with E-state index in [9.17, 15) is 16.8 Å². The summed E-state index contributed by atoms with van der Waals surface area (Å²) in [5.74, 6) is 0.308. The van der Waals surface area contributed by atoms with Crippen molar-refractivity contribution >= 4 is 20.7 Å². The largest absolute Gasteiger partial charge is 0.337 e. The monoisotopic (exact) mass is 253 g/mol. The van der Waals surface area contributed by atoms with Gasteiger partial charge in [0.15, 0.2) is 5.03 Å². The topological polar surface area (TPSA) is 112 Å². The Morgan fingerprint density at radius 2 is 2.13 bits per heavy atom. The lowest BCUT2D eigenvalue weighted by Crippen LogP contribution is -2.12. The van der Waals surface area contributed by atoms with Crippen LogP contribution in [0.1, 0.15) is 5.82 Å². The van der Waals surface area contributed by atoms with Crippen LogP contribution in [0.3, 0.4) is 0 Å². The summed E-state index contributed by atoms with van der Waals surface area (Å²) in [4.78, 5) is 3.74. The molecule has 1 aromatic heterocycles. The molecule has 0 amide bonds. The molecule has 15 heavy (non-hydrogen) atoms. The molecule has 0 saturated heterocycles. The SMILES string of the molecule is Cn1cc(S(N)(=O)=O)nc1CC[SH](=O)=O. The number of hydrogen-bond acceptors (Lipinski definition) is 5. The number of thiol groups is 1. The van der Waals surface area contributed by atoms with Crippen molar-refractivity contribution in [3.8, 4) is 0 Å². The zero-order valence-electron chi connectivity index (χ0n) is 7.95. The van der Waals surface area contributed by atoms with Crippen molar-refractivity contribution in [2.75, 3.05) is 5.75 Å². The first-order valence-corrected chi connectivity index (χ1v) is 6.88. The summed E-state index contributed by atoms with van der Waals surface area (Å²) in [5, 5.41) is 4.62. The van der Waals surface area contributed by atoms with Gasteiger partial charge in [-0.1, -0.05) is 0 Å². The minimum Gasteiger partial charge on any atom is -0.337 e. The molecule has 0 radical (unpaired) electrons. The van der Waals surface area contributed by atoms with Crippen LogP contribution in [0.25, 0.3) is 0 Å². The minimum atomic E-state index is -3.83. The fourth-order valence-electron chi connectivity index (χ4n) is 1.04. The van der Waals surface area contributed by atoms with Crippen molar-refractivity contribution in [3.63, 3.8) is 0 Å². The second-order valence-corrected chi connectivity index (χ2v) is 5.58. The molecule has 1 aromatic rings. The molecule has 0 spiro atoms. The highest BCUT2D eigenvalue weighted by Gasteiger charge is 2.14. The Balaban J connectivity index is 2.97. The average Bonchev–Trinajstić information content (AvgIpc) is 2.42. The van der Waals surface area contributed by atoms with Crippen molar-refractivity contribution in [2.45, 2.75) is 11.4 Å². The Bertz CT molecular complexity index is 521. The molecule has 0 aliphatic rings. The van der Waals surface area contributed by atoms with Gasteiger partial charge in [-0.05, 0) is 0 Å². The lowest BCUT2D eigenvalue weighted by molar-refractivity contribution is 0.594. The number of imidazole rings is 1. The van der Waals surface area contributed by atoms with Crippen LogP contribution in [0.5, 0.6) is 0 Å². The van der Waals surface area contributed by atoms with E-state index in [2.05, 4.69) is 4.98 Å². The second-order valence-electron chi connectivity index (χ2n) is 2.96. The maximum absolute atomic E-state index is 10.9. The van der Waals surface area contributed by atoms with Gasteiger partial charge in [-0.2, -0.15) is 0 Å². The van der Waals surface area contributed by atoms with Crippen molar-refractivity contribution in [1.82, 2.24) is 9.55 Å². The first-order chi connectivity index (χ1) is 6.80. The molecule has 0 saturated carbocycles. The Labute approximate surface area is 88.9 Å². The van der Waals surface area contributed by atoms with E-state index in [-0.39, 0.29) is 17.2 Å². The van der Waals surface area contributed by atoms with Crippen LogP contribution in [0.4, 0.5) is 0 Å². The van der Waals surface area contributed by atoms with Crippen LogP contribution in [0.2, 0.25) is 0 Å². The van der Waals surface area contributed by atoms with Gasteiger partial charge in [-0.25, -0.2) is 27.0 Å². The van der Waals surface area contributed by atoms with Gasteiger partial charge in [0.05, 0.1) is 5.75 Å². The Morgan fingerprint density at radius 3 is 2.53 bits per heavy atom. The van der Waals surface area contributed by atoms with Gasteiger partial charge in [0.2, 0.25) is 0 Å². The molecule has 0 bridgehead atoms. The van der Waals surface area contributed by atoms with E-state index in [1.807, 2.05) is 0 Å². The van der Waals surface area contributed by atoms with Crippen LogP contribution in [-0.2, 0) is 34.2 Å². The van der Waals surface area contributed by atoms with E-state index < -0.39 is 20.7 Å². The molecule has 1 heterocycles. The highest BCUT2D eigenvalue weighted by atomic mass is 32.2. The summed E-state index contributed by atoms with van der Waals surface area (Å²) in [6.45, 7) is 0. The third-order valence-corrected chi connectivity index (χ3v) is 3.13. The molecule has 0 atom stereocenters. The lowest BCUT2D eigenvalue weighted by Gasteiger charge is -1.95. The smallest absolute Gasteiger partial charge is 0.257 e. The van der Waals surface area contributed by atoms with Gasteiger partial charge in [-0.3, -0.25) is 0 Å². The van der Waals surface area contributed by atoms with Gasteiger partial charge >= 0.3 is 0 Å². The quantitative estimate of drug-likeness (QED) is 0.616. The molecule has 0 fully saturated rings. The number of sulfonamides is 1. The number of hydrogen-bond donors (Lipinski definition) is 2. The van der Waals surface area contributed by atoms with Gasteiger partial charge in [0.25, 0.3) is 10.0 Å². The predicted octanol–water partition coefficient (Wildman–Crippen LogP) is -1.78. The van der Waals surface area contributed by atoms with Gasteiger partial charge < -0.3 is 4.57 Å². The number of aromatic nitrogens is 2. The standard InChI is InChI=1S/C6H11N3O4S2/c1-9-4-6(15(7,12)13)8-5(9)2-3-14(10)11/h4,14H,2-3H2,1H3,(H2,7,12,13). The first kappa shape index (κ1) is 12.1. The van der Waals surface area contributed by atoms with Crippen LogP contribution in [-0.4, -0.2) is 32.1 Å². The summed E-state index contributed by atoms with van der Waals surface area (Å²) in [5.41, 5.74) is 0. The van der Waals surface area contributed by atoms with Crippen molar-refractivity contribution < 1.29 is 16.8 Å². The molecular formula is C6H11N3O4S2. The molecule has 0 unspecified atom stereocenters. The van der Waals surface area contributed by atoms with Crippen LogP contribution in [0, 0.1) is 0 Å². The molecule has 0 aliphatic heterocycles.